The van der Waals surface area contributed by atoms with Crippen LogP contribution < -0.4 is 4.74 Å². The van der Waals surface area contributed by atoms with Gasteiger partial charge in [0.1, 0.15) is 24.1 Å². The molecule has 0 amide bonds. The van der Waals surface area contributed by atoms with E-state index in [1.54, 1.807) is 12.1 Å². The van der Waals surface area contributed by atoms with Crippen molar-refractivity contribution in [2.45, 2.75) is 186 Å². The molecule has 5 atom stereocenters. The summed E-state index contributed by atoms with van der Waals surface area (Å²) in [6, 6.07) is 6.13. The molecule has 0 spiro atoms. The molecule has 1 aromatic carbocycles. The van der Waals surface area contributed by atoms with Crippen LogP contribution in [-0.4, -0.2) is 75.5 Å². The molecule has 1 aromatic rings. The number of benzene rings is 1. The maximum Gasteiger partial charge on any atom is 0.269 e. The van der Waals surface area contributed by atoms with E-state index in [0.29, 0.717) is 12.4 Å². The van der Waals surface area contributed by atoms with Gasteiger partial charge < -0.3 is 27.2 Å². The first-order chi connectivity index (χ1) is 21.6. The third-order valence-electron chi connectivity index (χ3n) is 12.0. The van der Waals surface area contributed by atoms with Gasteiger partial charge in [-0.2, -0.15) is 0 Å². The quantitative estimate of drug-likeness (QED) is 0.111. The second kappa shape index (κ2) is 14.8. The first-order valence-electron chi connectivity index (χ1n) is 17.9. The van der Waals surface area contributed by atoms with Crippen LogP contribution >= 0.6 is 0 Å². The van der Waals surface area contributed by atoms with E-state index < -0.39 is 68.9 Å². The number of nitro groups is 1. The molecule has 0 bridgehead atoms. The largest absolute Gasteiger partial charge is 0.462 e. The van der Waals surface area contributed by atoms with Crippen LogP contribution in [0.1, 0.15) is 83.1 Å². The lowest BCUT2D eigenvalue weighted by molar-refractivity contribution is -0.384. The summed E-state index contributed by atoms with van der Waals surface area (Å²) in [5.74, 6) is 0.463. The van der Waals surface area contributed by atoms with E-state index in [-0.39, 0.29) is 25.8 Å². The lowest BCUT2D eigenvalue weighted by atomic mass is 10.1. The van der Waals surface area contributed by atoms with Crippen molar-refractivity contribution in [2.75, 3.05) is 6.61 Å². The lowest BCUT2D eigenvalue weighted by Crippen LogP contribution is -2.58. The van der Waals surface area contributed by atoms with E-state index in [1.165, 1.54) is 12.1 Å². The van der Waals surface area contributed by atoms with Crippen LogP contribution in [0.4, 0.5) is 5.69 Å². The Kier molecular flexibility index (Phi) is 13.4. The number of non-ortho nitro benzene ring substituents is 1. The van der Waals surface area contributed by atoms with Crippen LogP contribution in [0, 0.1) is 10.1 Å². The lowest BCUT2D eigenvalue weighted by Gasteiger charge is -2.46. The molecule has 13 heteroatoms. The molecule has 1 heterocycles. The number of nitrogens with zero attached hydrogens (tertiary/aromatic N) is 1. The van der Waals surface area contributed by atoms with E-state index >= 15 is 0 Å². The highest BCUT2D eigenvalue weighted by Gasteiger charge is 2.58. The van der Waals surface area contributed by atoms with Crippen LogP contribution in [0.5, 0.6) is 5.75 Å². The Morgan fingerprint density at radius 1 is 0.673 bits per heavy atom. The van der Waals surface area contributed by atoms with Crippen LogP contribution in [0.25, 0.3) is 0 Å². The summed E-state index contributed by atoms with van der Waals surface area (Å²) in [7, 11) is -9.31. The molecular formula is C36H71NO8Si4. The summed E-state index contributed by atoms with van der Waals surface area (Å²) in [4.78, 5) is 11.0. The van der Waals surface area contributed by atoms with Gasteiger partial charge >= 0.3 is 0 Å². The molecule has 0 unspecified atom stereocenters. The Labute approximate surface area is 303 Å². The fraction of sp³-hybridized carbons (Fsp3) is 0.833. The van der Waals surface area contributed by atoms with Crippen molar-refractivity contribution in [3.63, 3.8) is 0 Å². The fourth-order valence-corrected chi connectivity index (χ4v) is 9.28. The Balaban J connectivity index is 2.82. The second-order valence-corrected chi connectivity index (χ2v) is 39.1. The van der Waals surface area contributed by atoms with Crippen molar-refractivity contribution in [1.82, 2.24) is 0 Å². The Hall–Kier alpha value is -0.912. The number of nitro benzene ring substituents is 1. The molecule has 9 nitrogen and oxygen atoms in total. The SMILES string of the molecule is CC(C)(C)[Si](C)(C)OC[C@@H](O[Si](C)(C)C(C)(C)C)[C@@H]1O[C@@H](Oc2ccc([N+](=O)[O-])cc2)[C@H](O[Si](C)(C)C(C)(C)C)[C@H]1O[Si](C)(C)C(C)(C)C. The Bertz CT molecular complexity index is 1260. The van der Waals surface area contributed by atoms with Crippen molar-refractivity contribution in [3.05, 3.63) is 34.4 Å². The van der Waals surface area contributed by atoms with Gasteiger partial charge in [-0.15, -0.1) is 0 Å². The third kappa shape index (κ3) is 10.8. The Morgan fingerprint density at radius 2 is 1.08 bits per heavy atom. The van der Waals surface area contributed by atoms with Crippen LogP contribution in [0.15, 0.2) is 24.3 Å². The topological polar surface area (TPSA) is 98.5 Å². The minimum Gasteiger partial charge on any atom is -0.462 e. The molecule has 2 rings (SSSR count). The first-order valence-corrected chi connectivity index (χ1v) is 29.5. The summed E-state index contributed by atoms with van der Waals surface area (Å²) in [6.45, 7) is 45.2. The fourth-order valence-electron chi connectivity index (χ4n) is 4.37. The smallest absolute Gasteiger partial charge is 0.269 e. The van der Waals surface area contributed by atoms with Gasteiger partial charge in [0.05, 0.1) is 17.6 Å². The molecule has 284 valence electrons. The van der Waals surface area contributed by atoms with Crippen molar-refractivity contribution in [1.29, 1.82) is 0 Å². The number of ether oxygens (including phenoxy) is 2. The summed E-state index contributed by atoms with van der Waals surface area (Å²) < 4.78 is 42.5. The van der Waals surface area contributed by atoms with E-state index in [1.807, 2.05) is 0 Å². The number of rotatable bonds is 13. The summed E-state index contributed by atoms with van der Waals surface area (Å²) in [5, 5.41) is 11.2. The Morgan fingerprint density at radius 3 is 1.47 bits per heavy atom. The van der Waals surface area contributed by atoms with Gasteiger partial charge in [-0.3, -0.25) is 10.1 Å². The molecule has 0 radical (unpaired) electrons. The highest BCUT2D eigenvalue weighted by Crippen LogP contribution is 2.46. The zero-order chi connectivity index (χ0) is 38.4. The first kappa shape index (κ1) is 44.2. The predicted octanol–water partition coefficient (Wildman–Crippen LogP) is 10.9. The molecule has 1 fully saturated rings. The maximum absolute atomic E-state index is 11.4. The van der Waals surface area contributed by atoms with Gasteiger partial charge in [-0.25, -0.2) is 0 Å². The molecular weight excluding hydrogens is 687 g/mol. The van der Waals surface area contributed by atoms with Gasteiger partial charge in [-0.1, -0.05) is 83.1 Å². The molecule has 1 aliphatic heterocycles. The van der Waals surface area contributed by atoms with Crippen LogP contribution in [-0.2, 0) is 22.4 Å². The number of hydrogen-bond donors (Lipinski definition) is 0. The zero-order valence-electron chi connectivity index (χ0n) is 34.6. The van der Waals surface area contributed by atoms with Crippen molar-refractivity contribution >= 4 is 39.0 Å². The minimum atomic E-state index is -2.40. The molecule has 0 N–H and O–H groups in total. The highest BCUT2D eigenvalue weighted by atomic mass is 28.4. The van der Waals surface area contributed by atoms with E-state index in [9.17, 15) is 10.1 Å². The van der Waals surface area contributed by atoms with E-state index in [0.717, 1.165) is 0 Å². The van der Waals surface area contributed by atoms with Gasteiger partial charge in [0.2, 0.25) is 6.29 Å². The van der Waals surface area contributed by atoms with Crippen molar-refractivity contribution < 1.29 is 32.1 Å². The monoisotopic (exact) mass is 757 g/mol. The highest BCUT2D eigenvalue weighted by molar-refractivity contribution is 6.75. The van der Waals surface area contributed by atoms with Crippen molar-refractivity contribution in [2.24, 2.45) is 0 Å². The number of hydrogen-bond acceptors (Lipinski definition) is 8. The normalized spacial score (nSPS) is 22.7. The molecule has 0 aliphatic carbocycles. The summed E-state index contributed by atoms with van der Waals surface area (Å²) in [5.41, 5.74) is -0.00334. The van der Waals surface area contributed by atoms with Crippen LogP contribution in [0.2, 0.25) is 72.5 Å². The standard InChI is InChI=1S/C36H71NO8Si4/c1-33(2,3)46(13,14)40-25-28(43-47(15,16)34(4,5)6)29-30(44-48(17,18)35(7,8)9)31(45-49(19,20)36(10,11)12)32(42-29)41-27-23-21-26(22-24-27)37(38)39/h21-24,28-32H,25H2,1-20H3/t28-,29+,30+,31-,32-/m1/s1. The third-order valence-corrected chi connectivity index (χ3v) is 30.0. The second-order valence-electron chi connectivity index (χ2n) is 20.0. The van der Waals surface area contributed by atoms with Crippen molar-refractivity contribution in [3.8, 4) is 5.75 Å². The molecule has 1 aliphatic rings. The van der Waals surface area contributed by atoms with E-state index in [2.05, 4.69) is 135 Å². The van der Waals surface area contributed by atoms with Gasteiger partial charge in [0, 0.05) is 12.1 Å². The summed E-state index contributed by atoms with van der Waals surface area (Å²) >= 11 is 0. The molecule has 1 saturated heterocycles. The summed E-state index contributed by atoms with van der Waals surface area (Å²) in [6.07, 6.45) is -2.91. The molecule has 0 saturated carbocycles. The average molecular weight is 758 g/mol. The van der Waals surface area contributed by atoms with E-state index in [4.69, 9.17) is 27.2 Å². The average Bonchev–Trinajstić information content (AvgIpc) is 3.19. The van der Waals surface area contributed by atoms with Crippen LogP contribution in [0.3, 0.4) is 0 Å². The minimum absolute atomic E-state index is 0.00334. The van der Waals surface area contributed by atoms with Gasteiger partial charge in [0.25, 0.3) is 5.69 Å². The maximum atomic E-state index is 11.4. The molecule has 49 heavy (non-hydrogen) atoms. The van der Waals surface area contributed by atoms with Gasteiger partial charge in [-0.05, 0) is 84.7 Å². The molecule has 0 aromatic heterocycles. The predicted molar refractivity (Wildman–Crippen MR) is 212 cm³/mol. The zero-order valence-corrected chi connectivity index (χ0v) is 38.6. The van der Waals surface area contributed by atoms with Gasteiger partial charge in [0.15, 0.2) is 33.3 Å².